The zero-order chi connectivity index (χ0) is 21.7. The number of ether oxygens (including phenoxy) is 3. The van der Waals surface area contributed by atoms with Gasteiger partial charge >= 0.3 is 5.97 Å². The number of hydrogen-bond acceptors (Lipinski definition) is 7. The van der Waals surface area contributed by atoms with Gasteiger partial charge in [0.2, 0.25) is 6.79 Å². The Labute approximate surface area is 172 Å². The maximum Gasteiger partial charge on any atom is 0.349 e. The molecule has 0 aromatic heterocycles. The standard InChI is InChI=1S/C22H18N2O6/c1-13(25)16-4-6-18(7-5-16)24-21(26)14(2)30-22(27)17(11-23)9-15-3-8-19-20(10-15)29-12-28-19/h3-10,14H,12H2,1-2H3,(H,24,26)/b17-9-. The van der Waals surface area contributed by atoms with Crippen LogP contribution in [0.1, 0.15) is 29.8 Å². The zero-order valence-electron chi connectivity index (χ0n) is 16.3. The average molecular weight is 406 g/mol. The van der Waals surface area contributed by atoms with E-state index < -0.39 is 18.0 Å². The van der Waals surface area contributed by atoms with Crippen molar-refractivity contribution >= 4 is 29.4 Å². The van der Waals surface area contributed by atoms with Gasteiger partial charge in [0, 0.05) is 11.3 Å². The largest absolute Gasteiger partial charge is 0.454 e. The van der Waals surface area contributed by atoms with Crippen LogP contribution in [0.4, 0.5) is 5.69 Å². The molecule has 8 heteroatoms. The van der Waals surface area contributed by atoms with E-state index in [0.29, 0.717) is 28.3 Å². The smallest absolute Gasteiger partial charge is 0.349 e. The van der Waals surface area contributed by atoms with Gasteiger partial charge in [0.05, 0.1) is 0 Å². The van der Waals surface area contributed by atoms with Gasteiger partial charge < -0.3 is 19.5 Å². The van der Waals surface area contributed by atoms with Crippen molar-refractivity contribution in [1.29, 1.82) is 5.26 Å². The summed E-state index contributed by atoms with van der Waals surface area (Å²) in [7, 11) is 0. The summed E-state index contributed by atoms with van der Waals surface area (Å²) in [5.74, 6) is -0.495. The van der Waals surface area contributed by atoms with Crippen molar-refractivity contribution in [1.82, 2.24) is 0 Å². The van der Waals surface area contributed by atoms with E-state index in [1.807, 2.05) is 0 Å². The van der Waals surface area contributed by atoms with E-state index in [0.717, 1.165) is 0 Å². The lowest BCUT2D eigenvalue weighted by Crippen LogP contribution is -2.30. The number of nitrogens with zero attached hydrogens (tertiary/aromatic N) is 1. The molecular weight excluding hydrogens is 388 g/mol. The summed E-state index contributed by atoms with van der Waals surface area (Å²) < 4.78 is 15.6. The number of rotatable bonds is 6. The lowest BCUT2D eigenvalue weighted by Gasteiger charge is -2.13. The van der Waals surface area contributed by atoms with Crippen molar-refractivity contribution in [2.75, 3.05) is 12.1 Å². The second-order valence-electron chi connectivity index (χ2n) is 6.45. The number of carbonyl (C=O) groups is 3. The second kappa shape index (κ2) is 8.92. The van der Waals surface area contributed by atoms with Gasteiger partial charge in [-0.05, 0) is 61.9 Å². The molecule has 152 valence electrons. The number of nitrogens with one attached hydrogen (secondary N) is 1. The summed E-state index contributed by atoms with van der Waals surface area (Å²) in [5.41, 5.74) is 1.25. The summed E-state index contributed by atoms with van der Waals surface area (Å²) in [4.78, 5) is 35.9. The highest BCUT2D eigenvalue weighted by atomic mass is 16.7. The van der Waals surface area contributed by atoms with Crippen LogP contribution in [0.2, 0.25) is 0 Å². The minimum Gasteiger partial charge on any atom is -0.454 e. The molecule has 1 aliphatic heterocycles. The number of Topliss-reactive ketones (excluding diaryl/α,β-unsaturated/α-hetero) is 1. The zero-order valence-corrected chi connectivity index (χ0v) is 16.3. The number of hydrogen-bond donors (Lipinski definition) is 1. The predicted molar refractivity (Wildman–Crippen MR) is 107 cm³/mol. The van der Waals surface area contributed by atoms with E-state index in [1.54, 1.807) is 48.5 Å². The Kier molecular flexibility index (Phi) is 6.13. The van der Waals surface area contributed by atoms with Crippen LogP contribution in [0.5, 0.6) is 11.5 Å². The van der Waals surface area contributed by atoms with Crippen LogP contribution in [-0.4, -0.2) is 30.6 Å². The molecule has 0 spiro atoms. The van der Waals surface area contributed by atoms with E-state index in [-0.39, 0.29) is 18.1 Å². The van der Waals surface area contributed by atoms with E-state index in [1.165, 1.54) is 19.9 Å². The Morgan fingerprint density at radius 1 is 1.13 bits per heavy atom. The highest BCUT2D eigenvalue weighted by Crippen LogP contribution is 2.33. The summed E-state index contributed by atoms with van der Waals surface area (Å²) in [6.07, 6.45) is 0.202. The van der Waals surface area contributed by atoms with Gasteiger partial charge in [-0.15, -0.1) is 0 Å². The van der Waals surface area contributed by atoms with Crippen LogP contribution in [0.3, 0.4) is 0 Å². The summed E-state index contributed by atoms with van der Waals surface area (Å²) in [5, 5.41) is 11.9. The molecule has 1 amide bonds. The predicted octanol–water partition coefficient (Wildman–Crippen LogP) is 3.10. The summed E-state index contributed by atoms with van der Waals surface area (Å²) >= 11 is 0. The Morgan fingerprint density at radius 2 is 1.83 bits per heavy atom. The molecule has 8 nitrogen and oxygen atoms in total. The maximum absolute atomic E-state index is 12.3. The van der Waals surface area contributed by atoms with Crippen LogP contribution in [-0.2, 0) is 14.3 Å². The number of amides is 1. The maximum atomic E-state index is 12.3. The third kappa shape index (κ3) is 4.83. The molecule has 0 saturated carbocycles. The highest BCUT2D eigenvalue weighted by Gasteiger charge is 2.21. The monoisotopic (exact) mass is 406 g/mol. The number of ketones is 1. The topological polar surface area (TPSA) is 115 Å². The molecule has 0 bridgehead atoms. The van der Waals surface area contributed by atoms with Crippen LogP contribution in [0.25, 0.3) is 6.08 Å². The molecule has 3 rings (SSSR count). The first kappa shape index (κ1) is 20.6. The first-order chi connectivity index (χ1) is 14.4. The summed E-state index contributed by atoms with van der Waals surface area (Å²) in [6, 6.07) is 13.1. The van der Waals surface area contributed by atoms with Crippen molar-refractivity contribution in [2.45, 2.75) is 20.0 Å². The molecule has 2 aromatic rings. The molecule has 1 unspecified atom stereocenters. The van der Waals surface area contributed by atoms with E-state index in [9.17, 15) is 19.6 Å². The Balaban J connectivity index is 1.63. The van der Waals surface area contributed by atoms with Crippen molar-refractivity contribution in [3.05, 3.63) is 59.2 Å². The van der Waals surface area contributed by atoms with Gasteiger partial charge in [0.1, 0.15) is 11.6 Å². The number of fused-ring (bicyclic) bond motifs is 1. The Hall–Kier alpha value is -4.12. The van der Waals surface area contributed by atoms with Crippen LogP contribution >= 0.6 is 0 Å². The number of anilines is 1. The minimum absolute atomic E-state index is 0.0894. The van der Waals surface area contributed by atoms with Gasteiger partial charge in [-0.3, -0.25) is 9.59 Å². The molecule has 0 radical (unpaired) electrons. The molecular formula is C22H18N2O6. The molecule has 2 aromatic carbocycles. The number of esters is 1. The first-order valence-electron chi connectivity index (χ1n) is 9.01. The lowest BCUT2D eigenvalue weighted by molar-refractivity contribution is -0.148. The van der Waals surface area contributed by atoms with Crippen LogP contribution < -0.4 is 14.8 Å². The summed E-state index contributed by atoms with van der Waals surface area (Å²) in [6.45, 7) is 2.95. The highest BCUT2D eigenvalue weighted by molar-refractivity contribution is 6.01. The Bertz CT molecular complexity index is 1070. The quantitative estimate of drug-likeness (QED) is 0.339. The van der Waals surface area contributed by atoms with E-state index >= 15 is 0 Å². The van der Waals surface area contributed by atoms with Crippen LogP contribution in [0.15, 0.2) is 48.0 Å². The number of nitriles is 1. The molecule has 1 heterocycles. The second-order valence-corrected chi connectivity index (χ2v) is 6.45. The van der Waals surface area contributed by atoms with Gasteiger partial charge in [-0.1, -0.05) is 6.07 Å². The van der Waals surface area contributed by atoms with Crippen LogP contribution in [0, 0.1) is 11.3 Å². The Morgan fingerprint density at radius 3 is 2.50 bits per heavy atom. The fourth-order valence-corrected chi connectivity index (χ4v) is 2.62. The SMILES string of the molecule is CC(=O)c1ccc(NC(=O)C(C)OC(=O)/C(C#N)=C\c2ccc3c(c2)OCO3)cc1. The third-order valence-electron chi connectivity index (χ3n) is 4.26. The minimum atomic E-state index is -1.14. The molecule has 1 N–H and O–H groups in total. The fraction of sp³-hybridized carbons (Fsp3) is 0.182. The molecule has 1 atom stereocenters. The average Bonchev–Trinajstić information content (AvgIpc) is 3.20. The first-order valence-corrected chi connectivity index (χ1v) is 9.01. The number of benzene rings is 2. The fourth-order valence-electron chi connectivity index (χ4n) is 2.62. The molecule has 1 aliphatic rings. The molecule has 0 fully saturated rings. The molecule has 0 aliphatic carbocycles. The molecule has 30 heavy (non-hydrogen) atoms. The van der Waals surface area contributed by atoms with Crippen molar-refractivity contribution in [3.63, 3.8) is 0 Å². The van der Waals surface area contributed by atoms with Crippen molar-refractivity contribution in [3.8, 4) is 17.6 Å². The van der Waals surface area contributed by atoms with Gasteiger partial charge in [-0.2, -0.15) is 5.26 Å². The van der Waals surface area contributed by atoms with Crippen molar-refractivity contribution in [2.24, 2.45) is 0 Å². The van der Waals surface area contributed by atoms with Gasteiger partial charge in [0.15, 0.2) is 23.4 Å². The van der Waals surface area contributed by atoms with Gasteiger partial charge in [-0.25, -0.2) is 4.79 Å². The lowest BCUT2D eigenvalue weighted by atomic mass is 10.1. The normalized spacial score (nSPS) is 13.2. The van der Waals surface area contributed by atoms with Crippen molar-refractivity contribution < 1.29 is 28.6 Å². The van der Waals surface area contributed by atoms with Gasteiger partial charge in [0.25, 0.3) is 5.91 Å². The molecule has 0 saturated heterocycles. The van der Waals surface area contributed by atoms with E-state index in [2.05, 4.69) is 5.32 Å². The number of carbonyl (C=O) groups excluding carboxylic acids is 3. The third-order valence-corrected chi connectivity index (χ3v) is 4.26. The van der Waals surface area contributed by atoms with E-state index in [4.69, 9.17) is 14.2 Å².